The zero-order valence-electron chi connectivity index (χ0n) is 12.2. The van der Waals surface area contributed by atoms with Gasteiger partial charge in [0.2, 0.25) is 0 Å². The molecular formula is C14H27N3S. The number of thiazole rings is 1. The Labute approximate surface area is 116 Å². The van der Waals surface area contributed by atoms with Crippen LogP contribution in [0.1, 0.15) is 45.4 Å². The first-order valence-electron chi connectivity index (χ1n) is 7.07. The largest absolute Gasteiger partial charge is 0.348 e. The summed E-state index contributed by atoms with van der Waals surface area (Å²) in [4.78, 5) is 8.25. The van der Waals surface area contributed by atoms with Crippen LogP contribution in [0, 0.1) is 5.92 Å². The van der Waals surface area contributed by atoms with Crippen molar-refractivity contribution in [2.45, 2.75) is 47.1 Å². The Morgan fingerprint density at radius 3 is 2.78 bits per heavy atom. The van der Waals surface area contributed by atoms with Gasteiger partial charge in [-0.2, -0.15) is 0 Å². The summed E-state index contributed by atoms with van der Waals surface area (Å²) >= 11 is 1.82. The van der Waals surface area contributed by atoms with Crippen LogP contribution in [0.25, 0.3) is 0 Å². The highest BCUT2D eigenvalue weighted by atomic mass is 32.1. The summed E-state index contributed by atoms with van der Waals surface area (Å²) in [5.74, 6) is 0.703. The number of rotatable bonds is 9. The molecule has 104 valence electrons. The molecule has 0 aliphatic heterocycles. The minimum Gasteiger partial charge on any atom is -0.348 e. The summed E-state index contributed by atoms with van der Waals surface area (Å²) in [5, 5.41) is 4.64. The van der Waals surface area contributed by atoms with Crippen molar-refractivity contribution >= 4 is 16.5 Å². The lowest BCUT2D eigenvalue weighted by atomic mass is 10.2. The molecule has 0 radical (unpaired) electrons. The molecule has 1 heterocycles. The third-order valence-corrected chi connectivity index (χ3v) is 3.89. The fraction of sp³-hybridized carbons (Fsp3) is 0.786. The van der Waals surface area contributed by atoms with E-state index in [0.717, 1.165) is 26.2 Å². The first kappa shape index (κ1) is 15.4. The Balaban J connectivity index is 2.45. The van der Waals surface area contributed by atoms with Gasteiger partial charge in [0.15, 0.2) is 5.13 Å². The van der Waals surface area contributed by atoms with Crippen molar-refractivity contribution in [2.75, 3.05) is 24.5 Å². The number of nitrogens with zero attached hydrogens (tertiary/aromatic N) is 2. The van der Waals surface area contributed by atoms with E-state index in [1.54, 1.807) is 0 Å². The van der Waals surface area contributed by atoms with Crippen molar-refractivity contribution in [3.8, 4) is 0 Å². The Kier molecular flexibility index (Phi) is 7.28. The molecule has 0 saturated carbocycles. The predicted octanol–water partition coefficient (Wildman–Crippen LogP) is 3.52. The van der Waals surface area contributed by atoms with Crippen LogP contribution < -0.4 is 10.2 Å². The molecule has 0 aromatic carbocycles. The fourth-order valence-electron chi connectivity index (χ4n) is 1.75. The Morgan fingerprint density at radius 1 is 1.39 bits per heavy atom. The highest BCUT2D eigenvalue weighted by Crippen LogP contribution is 2.22. The molecule has 1 N–H and O–H groups in total. The van der Waals surface area contributed by atoms with Gasteiger partial charge in [-0.05, 0) is 25.8 Å². The van der Waals surface area contributed by atoms with Crippen molar-refractivity contribution < 1.29 is 0 Å². The Hall–Kier alpha value is -0.610. The smallest absolute Gasteiger partial charge is 0.185 e. The van der Waals surface area contributed by atoms with E-state index in [4.69, 9.17) is 0 Å². The van der Waals surface area contributed by atoms with Gasteiger partial charge in [-0.3, -0.25) is 0 Å². The van der Waals surface area contributed by atoms with E-state index in [1.165, 1.54) is 22.9 Å². The van der Waals surface area contributed by atoms with Gasteiger partial charge in [0.1, 0.15) is 0 Å². The molecule has 0 unspecified atom stereocenters. The quantitative estimate of drug-likeness (QED) is 0.743. The molecule has 0 amide bonds. The summed E-state index contributed by atoms with van der Waals surface area (Å²) in [7, 11) is 0. The Morgan fingerprint density at radius 2 is 2.17 bits per heavy atom. The summed E-state index contributed by atoms with van der Waals surface area (Å²) in [6, 6.07) is 0. The van der Waals surface area contributed by atoms with E-state index < -0.39 is 0 Å². The standard InChI is InChI=1S/C14H27N3S/c1-5-7-8-17(6-2)14-16-11-13(18-14)10-15-9-12(3)4/h11-12,15H,5-10H2,1-4H3. The molecule has 0 bridgehead atoms. The lowest BCUT2D eigenvalue weighted by Crippen LogP contribution is -2.23. The molecule has 0 spiro atoms. The van der Waals surface area contributed by atoms with Crippen LogP contribution in [-0.4, -0.2) is 24.6 Å². The number of aromatic nitrogens is 1. The third kappa shape index (κ3) is 5.36. The van der Waals surface area contributed by atoms with E-state index >= 15 is 0 Å². The minimum atomic E-state index is 0.703. The topological polar surface area (TPSA) is 28.2 Å². The summed E-state index contributed by atoms with van der Waals surface area (Å²) < 4.78 is 0. The summed E-state index contributed by atoms with van der Waals surface area (Å²) in [6.07, 6.45) is 4.50. The highest BCUT2D eigenvalue weighted by Gasteiger charge is 2.08. The summed E-state index contributed by atoms with van der Waals surface area (Å²) in [6.45, 7) is 13.1. The van der Waals surface area contributed by atoms with E-state index in [-0.39, 0.29) is 0 Å². The number of hydrogen-bond acceptors (Lipinski definition) is 4. The van der Waals surface area contributed by atoms with Crippen molar-refractivity contribution in [3.05, 3.63) is 11.1 Å². The maximum absolute atomic E-state index is 4.54. The average Bonchev–Trinajstić information content (AvgIpc) is 2.78. The molecule has 1 aromatic heterocycles. The van der Waals surface area contributed by atoms with Gasteiger partial charge in [-0.1, -0.05) is 27.2 Å². The predicted molar refractivity (Wildman–Crippen MR) is 81.5 cm³/mol. The van der Waals surface area contributed by atoms with Gasteiger partial charge < -0.3 is 10.2 Å². The number of nitrogens with one attached hydrogen (secondary N) is 1. The maximum Gasteiger partial charge on any atom is 0.185 e. The van der Waals surface area contributed by atoms with Crippen LogP contribution in [-0.2, 0) is 6.54 Å². The zero-order valence-corrected chi connectivity index (χ0v) is 13.0. The molecule has 0 atom stereocenters. The zero-order chi connectivity index (χ0) is 13.4. The first-order chi connectivity index (χ1) is 8.67. The van der Waals surface area contributed by atoms with Crippen molar-refractivity contribution in [1.29, 1.82) is 0 Å². The summed E-state index contributed by atoms with van der Waals surface area (Å²) in [5.41, 5.74) is 0. The van der Waals surface area contributed by atoms with Gasteiger partial charge in [0.25, 0.3) is 0 Å². The van der Waals surface area contributed by atoms with Gasteiger partial charge >= 0.3 is 0 Å². The fourth-order valence-corrected chi connectivity index (χ4v) is 2.72. The van der Waals surface area contributed by atoms with E-state index in [9.17, 15) is 0 Å². The van der Waals surface area contributed by atoms with E-state index in [2.05, 4.69) is 42.9 Å². The average molecular weight is 269 g/mol. The number of anilines is 1. The van der Waals surface area contributed by atoms with Crippen LogP contribution in [0.4, 0.5) is 5.13 Å². The van der Waals surface area contributed by atoms with Gasteiger partial charge in [-0.15, -0.1) is 11.3 Å². The Bertz CT molecular complexity index is 323. The first-order valence-corrected chi connectivity index (χ1v) is 7.89. The van der Waals surface area contributed by atoms with Crippen molar-refractivity contribution in [2.24, 2.45) is 5.92 Å². The highest BCUT2D eigenvalue weighted by molar-refractivity contribution is 7.15. The molecule has 0 aliphatic carbocycles. The van der Waals surface area contributed by atoms with Crippen LogP contribution in [0.15, 0.2) is 6.20 Å². The van der Waals surface area contributed by atoms with Crippen molar-refractivity contribution in [1.82, 2.24) is 10.3 Å². The molecule has 18 heavy (non-hydrogen) atoms. The molecule has 1 aromatic rings. The molecule has 0 aliphatic rings. The van der Waals surface area contributed by atoms with E-state index in [0.29, 0.717) is 5.92 Å². The molecule has 4 heteroatoms. The lowest BCUT2D eigenvalue weighted by molar-refractivity contribution is 0.554. The van der Waals surface area contributed by atoms with Crippen LogP contribution in [0.3, 0.4) is 0 Å². The second kappa shape index (κ2) is 8.48. The number of hydrogen-bond donors (Lipinski definition) is 1. The maximum atomic E-state index is 4.54. The minimum absolute atomic E-state index is 0.703. The normalized spacial score (nSPS) is 11.2. The second-order valence-electron chi connectivity index (χ2n) is 5.07. The van der Waals surface area contributed by atoms with Gasteiger partial charge in [0, 0.05) is 30.7 Å². The van der Waals surface area contributed by atoms with E-state index in [1.807, 2.05) is 17.5 Å². The van der Waals surface area contributed by atoms with Crippen LogP contribution >= 0.6 is 11.3 Å². The van der Waals surface area contributed by atoms with Crippen LogP contribution in [0.5, 0.6) is 0 Å². The SMILES string of the molecule is CCCCN(CC)c1ncc(CNCC(C)C)s1. The van der Waals surface area contributed by atoms with Gasteiger partial charge in [0.05, 0.1) is 0 Å². The van der Waals surface area contributed by atoms with Crippen molar-refractivity contribution in [3.63, 3.8) is 0 Å². The monoisotopic (exact) mass is 269 g/mol. The molecule has 0 fully saturated rings. The third-order valence-electron chi connectivity index (χ3n) is 2.83. The number of unbranched alkanes of at least 4 members (excludes halogenated alkanes) is 1. The molecule has 1 rings (SSSR count). The molecular weight excluding hydrogens is 242 g/mol. The molecule has 3 nitrogen and oxygen atoms in total. The van der Waals surface area contributed by atoms with Gasteiger partial charge in [-0.25, -0.2) is 4.98 Å². The van der Waals surface area contributed by atoms with Crippen LogP contribution in [0.2, 0.25) is 0 Å². The molecule has 0 saturated heterocycles. The second-order valence-corrected chi connectivity index (χ2v) is 6.16. The lowest BCUT2D eigenvalue weighted by Gasteiger charge is -2.18.